The fraction of sp³-hybridized carbons (Fsp3) is 0.400. The molecule has 2 heterocycles. The Hall–Kier alpha value is -4.01. The van der Waals surface area contributed by atoms with Crippen molar-refractivity contribution in [1.29, 1.82) is 0 Å². The fourth-order valence-corrected chi connectivity index (χ4v) is 5.46. The van der Waals surface area contributed by atoms with Crippen molar-refractivity contribution in [3.8, 4) is 5.75 Å². The molecule has 228 valence electrons. The van der Waals surface area contributed by atoms with Crippen LogP contribution < -0.4 is 9.64 Å². The van der Waals surface area contributed by atoms with Gasteiger partial charge in [0.25, 0.3) is 5.91 Å². The first-order valence-electron chi connectivity index (χ1n) is 14.9. The van der Waals surface area contributed by atoms with Crippen LogP contribution in [-0.4, -0.2) is 51.4 Å². The van der Waals surface area contributed by atoms with Crippen molar-refractivity contribution >= 4 is 11.6 Å². The summed E-state index contributed by atoms with van der Waals surface area (Å²) in [5, 5.41) is 30.4. The van der Waals surface area contributed by atoms with Gasteiger partial charge in [0.2, 0.25) is 0 Å². The number of aliphatic hydroxyl groups is 2. The largest absolute Gasteiger partial charge is 0.497 e. The summed E-state index contributed by atoms with van der Waals surface area (Å²) in [6.45, 7) is 9.04. The van der Waals surface area contributed by atoms with Gasteiger partial charge in [0.15, 0.2) is 5.60 Å². The van der Waals surface area contributed by atoms with Crippen LogP contribution in [0.2, 0.25) is 0 Å². The molecule has 1 amide bonds. The van der Waals surface area contributed by atoms with Gasteiger partial charge >= 0.3 is 0 Å². The Kier molecular flexibility index (Phi) is 10.7. The molecule has 1 aliphatic rings. The van der Waals surface area contributed by atoms with E-state index in [9.17, 15) is 15.0 Å². The van der Waals surface area contributed by atoms with Gasteiger partial charge in [-0.1, -0.05) is 77.9 Å². The Morgan fingerprint density at radius 1 is 1.09 bits per heavy atom. The van der Waals surface area contributed by atoms with E-state index in [1.54, 1.807) is 22.8 Å². The third-order valence-electron chi connectivity index (χ3n) is 8.10. The van der Waals surface area contributed by atoms with Crippen LogP contribution >= 0.6 is 0 Å². The highest BCUT2D eigenvalue weighted by molar-refractivity contribution is 6.07. The summed E-state index contributed by atoms with van der Waals surface area (Å²) >= 11 is 0. The fourth-order valence-electron chi connectivity index (χ4n) is 5.46. The number of rotatable bonds is 14. The Morgan fingerprint density at radius 2 is 1.86 bits per heavy atom. The number of aromatic nitrogens is 3. The number of nitrogens with zero attached hydrogens (tertiary/aromatic N) is 4. The minimum atomic E-state index is -1.71. The van der Waals surface area contributed by atoms with E-state index in [0.29, 0.717) is 42.2 Å². The van der Waals surface area contributed by atoms with E-state index in [0.717, 1.165) is 18.4 Å². The smallest absolute Gasteiger partial charge is 0.264 e. The molecule has 8 nitrogen and oxygen atoms in total. The van der Waals surface area contributed by atoms with Crippen molar-refractivity contribution in [3.05, 3.63) is 107 Å². The lowest BCUT2D eigenvalue weighted by Gasteiger charge is -2.27. The Morgan fingerprint density at radius 3 is 2.56 bits per heavy atom. The molecule has 1 aromatic heterocycles. The number of amides is 1. The van der Waals surface area contributed by atoms with Crippen molar-refractivity contribution in [2.45, 2.75) is 65.0 Å². The van der Waals surface area contributed by atoms with Crippen LogP contribution in [0.4, 0.5) is 5.69 Å². The highest BCUT2D eigenvalue weighted by Gasteiger charge is 2.52. The SMILES string of the molecule is COc1ccc2c(c1)[C@@](O)([C@H](C)/C=C/CCn1cc(C(CO)c3ccccc3)nn1)C(=O)N2C/C=C(\C)CCC=C(C)C. The first-order valence-corrected chi connectivity index (χ1v) is 14.9. The number of allylic oxidation sites excluding steroid dienone is 4. The normalized spacial score (nSPS) is 18.2. The first kappa shape index (κ1) is 31.9. The van der Waals surface area contributed by atoms with E-state index < -0.39 is 11.5 Å². The molecule has 2 N–H and O–H groups in total. The van der Waals surface area contributed by atoms with E-state index >= 15 is 0 Å². The lowest BCUT2D eigenvalue weighted by atomic mass is 9.83. The molecule has 0 aliphatic carbocycles. The number of hydrogen-bond donors (Lipinski definition) is 2. The molecule has 0 spiro atoms. The van der Waals surface area contributed by atoms with Crippen LogP contribution in [0.15, 0.2) is 90.2 Å². The van der Waals surface area contributed by atoms with Crippen LogP contribution in [0.25, 0.3) is 0 Å². The second-order valence-corrected chi connectivity index (χ2v) is 11.5. The number of hydrogen-bond acceptors (Lipinski definition) is 6. The van der Waals surface area contributed by atoms with Gasteiger partial charge in [-0.3, -0.25) is 9.48 Å². The predicted octanol–water partition coefficient (Wildman–Crippen LogP) is 5.92. The molecule has 0 saturated carbocycles. The second-order valence-electron chi connectivity index (χ2n) is 11.5. The number of anilines is 1. The van der Waals surface area contributed by atoms with E-state index in [1.807, 2.05) is 67.7 Å². The Balaban J connectivity index is 1.45. The molecule has 1 aliphatic heterocycles. The van der Waals surface area contributed by atoms with Gasteiger partial charge in [0.1, 0.15) is 5.75 Å². The summed E-state index contributed by atoms with van der Waals surface area (Å²) in [6, 6.07) is 15.2. The molecule has 0 fully saturated rings. The summed E-state index contributed by atoms with van der Waals surface area (Å²) in [7, 11) is 1.58. The van der Waals surface area contributed by atoms with Crippen molar-refractivity contribution in [2.75, 3.05) is 25.2 Å². The lowest BCUT2D eigenvalue weighted by molar-refractivity contribution is -0.139. The van der Waals surface area contributed by atoms with Crippen molar-refractivity contribution in [3.63, 3.8) is 0 Å². The Bertz CT molecular complexity index is 1470. The number of aryl methyl sites for hydroxylation is 1. The topological polar surface area (TPSA) is 101 Å². The van der Waals surface area contributed by atoms with Gasteiger partial charge < -0.3 is 19.8 Å². The number of ether oxygens (including phenoxy) is 1. The van der Waals surface area contributed by atoms with Gasteiger partial charge in [0.05, 0.1) is 31.0 Å². The van der Waals surface area contributed by atoms with E-state index in [2.05, 4.69) is 43.2 Å². The van der Waals surface area contributed by atoms with Gasteiger partial charge in [-0.15, -0.1) is 5.10 Å². The van der Waals surface area contributed by atoms with Gasteiger partial charge in [-0.2, -0.15) is 0 Å². The van der Waals surface area contributed by atoms with E-state index in [4.69, 9.17) is 4.74 Å². The molecule has 0 radical (unpaired) electrons. The number of carbonyl (C=O) groups excluding carboxylic acids is 1. The number of methoxy groups -OCH3 is 1. The minimum Gasteiger partial charge on any atom is -0.497 e. The second kappa shape index (κ2) is 14.4. The highest BCUT2D eigenvalue weighted by Crippen LogP contribution is 2.46. The average Bonchev–Trinajstić information content (AvgIpc) is 3.55. The summed E-state index contributed by atoms with van der Waals surface area (Å²) in [6.07, 6.45) is 12.5. The molecule has 3 aromatic rings. The zero-order valence-corrected chi connectivity index (χ0v) is 25.9. The minimum absolute atomic E-state index is 0.0543. The van der Waals surface area contributed by atoms with Gasteiger partial charge in [-0.05, 0) is 63.8 Å². The zero-order valence-electron chi connectivity index (χ0n) is 25.9. The third-order valence-corrected chi connectivity index (χ3v) is 8.10. The van der Waals surface area contributed by atoms with Crippen LogP contribution in [-0.2, 0) is 16.9 Å². The summed E-state index contributed by atoms with van der Waals surface area (Å²) in [5.74, 6) is -0.459. The van der Waals surface area contributed by atoms with Gasteiger partial charge in [-0.25, -0.2) is 0 Å². The maximum absolute atomic E-state index is 13.8. The number of aliphatic hydroxyl groups excluding tert-OH is 1. The van der Waals surface area contributed by atoms with E-state index in [-0.39, 0.29) is 18.4 Å². The van der Waals surface area contributed by atoms with Crippen molar-refractivity contribution in [1.82, 2.24) is 15.0 Å². The standard InChI is InChI=1S/C35H44N4O4/c1-25(2)12-11-13-26(3)19-21-39-33-18-17-29(43-5)22-31(33)35(42,34(39)41)27(4)14-9-10-20-38-23-32(36-37-38)30(24-40)28-15-7-6-8-16-28/h6-9,12,14-19,22-23,27,30,40,42H,10-11,13,20-21,24H2,1-5H3/b14-9+,26-19+/t27-,30?,35+/m1/s1. The predicted molar refractivity (Wildman–Crippen MR) is 170 cm³/mol. The maximum Gasteiger partial charge on any atom is 0.264 e. The van der Waals surface area contributed by atoms with Crippen LogP contribution in [0, 0.1) is 5.92 Å². The third kappa shape index (κ3) is 7.32. The monoisotopic (exact) mass is 584 g/mol. The molecule has 0 bridgehead atoms. The summed E-state index contributed by atoms with van der Waals surface area (Å²) in [5.41, 5.74) is 3.74. The van der Waals surface area contributed by atoms with Crippen molar-refractivity contribution in [2.24, 2.45) is 5.92 Å². The van der Waals surface area contributed by atoms with Crippen LogP contribution in [0.1, 0.15) is 69.7 Å². The Labute approximate surface area is 255 Å². The molecule has 3 atom stereocenters. The van der Waals surface area contributed by atoms with Crippen LogP contribution in [0.3, 0.4) is 0 Å². The molecule has 43 heavy (non-hydrogen) atoms. The first-order chi connectivity index (χ1) is 20.7. The molecular weight excluding hydrogens is 540 g/mol. The molecule has 0 saturated heterocycles. The van der Waals surface area contributed by atoms with Crippen molar-refractivity contribution < 1.29 is 19.7 Å². The quantitative estimate of drug-likeness (QED) is 0.228. The van der Waals surface area contributed by atoms with Gasteiger partial charge in [0, 0.05) is 30.8 Å². The number of fused-ring (bicyclic) bond motifs is 1. The number of carbonyl (C=O) groups is 1. The molecule has 2 aromatic carbocycles. The number of benzene rings is 2. The molecule has 8 heteroatoms. The summed E-state index contributed by atoms with van der Waals surface area (Å²) < 4.78 is 7.19. The highest BCUT2D eigenvalue weighted by atomic mass is 16.5. The zero-order chi connectivity index (χ0) is 31.0. The molecule has 4 rings (SSSR count). The molecule has 1 unspecified atom stereocenters. The lowest BCUT2D eigenvalue weighted by Crippen LogP contribution is -2.44. The maximum atomic E-state index is 13.8. The summed E-state index contributed by atoms with van der Waals surface area (Å²) in [4.78, 5) is 15.5. The molecular formula is C35H44N4O4. The van der Waals surface area contributed by atoms with E-state index in [1.165, 1.54) is 11.1 Å². The average molecular weight is 585 g/mol. The van der Waals surface area contributed by atoms with Crippen LogP contribution in [0.5, 0.6) is 5.75 Å².